The maximum atomic E-state index is 12.2. The maximum Gasteiger partial charge on any atom is 0.156 e. The minimum Gasteiger partial charge on any atom is -0.492 e. The molecule has 2 rings (SSSR count). The molecule has 0 saturated heterocycles. The zero-order valence-electron chi connectivity index (χ0n) is 11.8. The zero-order valence-corrected chi connectivity index (χ0v) is 12.6. The van der Waals surface area contributed by atoms with Crippen molar-refractivity contribution in [3.05, 3.63) is 29.8 Å². The first kappa shape index (κ1) is 15.3. The van der Waals surface area contributed by atoms with Crippen LogP contribution >= 0.6 is 0 Å². The molecule has 5 heteroatoms. The summed E-state index contributed by atoms with van der Waals surface area (Å²) in [5.74, 6) is 0.783. The van der Waals surface area contributed by atoms with Gasteiger partial charge in [0.15, 0.2) is 9.84 Å². The molecule has 112 valence electrons. The highest BCUT2D eigenvalue weighted by Gasteiger charge is 2.26. The van der Waals surface area contributed by atoms with Crippen molar-refractivity contribution in [1.82, 2.24) is 0 Å². The quantitative estimate of drug-likeness (QED) is 0.874. The van der Waals surface area contributed by atoms with Crippen molar-refractivity contribution < 1.29 is 13.2 Å². The first-order valence-electron chi connectivity index (χ1n) is 7.26. The Morgan fingerprint density at radius 1 is 1.15 bits per heavy atom. The van der Waals surface area contributed by atoms with Crippen LogP contribution in [0.1, 0.15) is 37.7 Å². The lowest BCUT2D eigenvalue weighted by Gasteiger charge is -2.21. The highest BCUT2D eigenvalue weighted by atomic mass is 32.2. The van der Waals surface area contributed by atoms with Crippen molar-refractivity contribution in [3.8, 4) is 5.75 Å². The Labute approximate surface area is 121 Å². The van der Waals surface area contributed by atoms with Gasteiger partial charge in [-0.15, -0.1) is 0 Å². The molecule has 4 nitrogen and oxygen atoms in total. The number of ether oxygens (including phenoxy) is 1. The van der Waals surface area contributed by atoms with Gasteiger partial charge in [0.2, 0.25) is 0 Å². The summed E-state index contributed by atoms with van der Waals surface area (Å²) in [6, 6.07) is 7.48. The summed E-state index contributed by atoms with van der Waals surface area (Å²) >= 11 is 0. The molecule has 0 aliphatic heterocycles. The first-order chi connectivity index (χ1) is 9.63. The Kier molecular flexibility index (Phi) is 5.43. The second-order valence-corrected chi connectivity index (χ2v) is 7.69. The third-order valence-corrected chi connectivity index (χ3v) is 6.10. The average Bonchev–Trinajstić information content (AvgIpc) is 2.48. The average molecular weight is 297 g/mol. The van der Waals surface area contributed by atoms with Gasteiger partial charge in [-0.25, -0.2) is 8.42 Å². The fourth-order valence-electron chi connectivity index (χ4n) is 2.67. The van der Waals surface area contributed by atoms with Crippen LogP contribution in [0.3, 0.4) is 0 Å². The molecule has 2 N–H and O–H groups in total. The monoisotopic (exact) mass is 297 g/mol. The number of sulfone groups is 1. The molecule has 0 bridgehead atoms. The van der Waals surface area contributed by atoms with E-state index < -0.39 is 9.84 Å². The van der Waals surface area contributed by atoms with Gasteiger partial charge in [0.25, 0.3) is 0 Å². The molecule has 0 unspecified atom stereocenters. The van der Waals surface area contributed by atoms with Crippen molar-refractivity contribution >= 4 is 9.84 Å². The third kappa shape index (κ3) is 3.96. The molecule has 0 radical (unpaired) electrons. The number of rotatable bonds is 6. The summed E-state index contributed by atoms with van der Waals surface area (Å²) in [6.45, 7) is 0.599. The van der Waals surface area contributed by atoms with Gasteiger partial charge in [-0.2, -0.15) is 0 Å². The highest BCUT2D eigenvalue weighted by molar-refractivity contribution is 7.92. The number of benzene rings is 1. The molecular formula is C15H23NO3S. The van der Waals surface area contributed by atoms with E-state index in [1.807, 2.05) is 24.3 Å². The van der Waals surface area contributed by atoms with E-state index in [4.69, 9.17) is 10.5 Å². The Morgan fingerprint density at radius 2 is 1.85 bits per heavy atom. The molecular weight excluding hydrogens is 274 g/mol. The number of nitrogens with two attached hydrogens (primary N) is 1. The fourth-order valence-corrected chi connectivity index (χ4v) is 4.37. The van der Waals surface area contributed by atoms with Gasteiger partial charge in [-0.3, -0.25) is 0 Å². The number of hydrogen-bond donors (Lipinski definition) is 1. The molecule has 0 amide bonds. The van der Waals surface area contributed by atoms with E-state index in [1.54, 1.807) is 0 Å². The van der Waals surface area contributed by atoms with Crippen LogP contribution in [-0.4, -0.2) is 26.0 Å². The molecule has 0 spiro atoms. The van der Waals surface area contributed by atoms with Crippen LogP contribution in [-0.2, 0) is 16.4 Å². The number of para-hydroxylation sites is 1. The summed E-state index contributed by atoms with van der Waals surface area (Å²) in [5, 5.41) is -0.162. The normalized spacial score (nSPS) is 17.1. The van der Waals surface area contributed by atoms with Crippen molar-refractivity contribution in [2.75, 3.05) is 12.4 Å². The van der Waals surface area contributed by atoms with E-state index in [2.05, 4.69) is 0 Å². The van der Waals surface area contributed by atoms with E-state index in [9.17, 15) is 8.42 Å². The summed E-state index contributed by atoms with van der Waals surface area (Å²) in [4.78, 5) is 0. The van der Waals surface area contributed by atoms with Crippen molar-refractivity contribution in [1.29, 1.82) is 0 Å². The predicted octanol–water partition coefficient (Wildman–Crippen LogP) is 2.27. The van der Waals surface area contributed by atoms with Crippen LogP contribution < -0.4 is 10.5 Å². The molecule has 0 heterocycles. The fraction of sp³-hybridized carbons (Fsp3) is 0.600. The largest absolute Gasteiger partial charge is 0.492 e. The van der Waals surface area contributed by atoms with E-state index in [1.165, 1.54) is 0 Å². The molecule has 20 heavy (non-hydrogen) atoms. The molecule has 0 aromatic heterocycles. The highest BCUT2D eigenvalue weighted by Crippen LogP contribution is 2.24. The lowest BCUT2D eigenvalue weighted by Crippen LogP contribution is -2.28. The molecule has 1 saturated carbocycles. The molecule has 1 aliphatic carbocycles. The Hall–Kier alpha value is -1.07. The standard InChI is InChI=1S/C15H23NO3S/c16-12-13-6-4-5-9-15(13)19-10-11-20(17,18)14-7-2-1-3-8-14/h4-6,9,14H,1-3,7-8,10-12,16H2. The van der Waals surface area contributed by atoms with Gasteiger partial charge in [0.05, 0.1) is 11.0 Å². The van der Waals surface area contributed by atoms with Gasteiger partial charge >= 0.3 is 0 Å². The molecule has 1 aromatic carbocycles. The van der Waals surface area contributed by atoms with Crippen LogP contribution in [0.4, 0.5) is 0 Å². The minimum absolute atomic E-state index is 0.0938. The molecule has 1 aromatic rings. The summed E-state index contributed by atoms with van der Waals surface area (Å²) < 4.78 is 30.0. The maximum absolute atomic E-state index is 12.2. The van der Waals surface area contributed by atoms with E-state index in [-0.39, 0.29) is 17.6 Å². The first-order valence-corrected chi connectivity index (χ1v) is 8.97. The van der Waals surface area contributed by atoms with Crippen molar-refractivity contribution in [3.63, 3.8) is 0 Å². The van der Waals surface area contributed by atoms with Gasteiger partial charge in [-0.05, 0) is 18.9 Å². The predicted molar refractivity (Wildman–Crippen MR) is 80.5 cm³/mol. The lowest BCUT2D eigenvalue weighted by molar-refractivity contribution is 0.336. The van der Waals surface area contributed by atoms with Gasteiger partial charge in [-0.1, -0.05) is 37.5 Å². The Bertz CT molecular complexity index is 522. The van der Waals surface area contributed by atoms with Crippen LogP contribution in [0.2, 0.25) is 0 Å². The summed E-state index contributed by atoms with van der Waals surface area (Å²) in [7, 11) is -3.03. The molecule has 1 fully saturated rings. The SMILES string of the molecule is NCc1ccccc1OCCS(=O)(=O)C1CCCCC1. The molecule has 0 atom stereocenters. The van der Waals surface area contributed by atoms with Crippen molar-refractivity contribution in [2.24, 2.45) is 5.73 Å². The van der Waals surface area contributed by atoms with E-state index >= 15 is 0 Å². The van der Waals surface area contributed by atoms with Crippen LogP contribution in [0.15, 0.2) is 24.3 Å². The Balaban J connectivity index is 1.88. The van der Waals surface area contributed by atoms with E-state index in [0.717, 1.165) is 37.7 Å². The Morgan fingerprint density at radius 3 is 2.55 bits per heavy atom. The zero-order chi connectivity index (χ0) is 14.4. The second kappa shape index (κ2) is 7.09. The van der Waals surface area contributed by atoms with Gasteiger partial charge in [0, 0.05) is 12.1 Å². The van der Waals surface area contributed by atoms with E-state index in [0.29, 0.717) is 12.3 Å². The van der Waals surface area contributed by atoms with Gasteiger partial charge in [0.1, 0.15) is 12.4 Å². The lowest BCUT2D eigenvalue weighted by atomic mass is 10.0. The minimum atomic E-state index is -3.03. The van der Waals surface area contributed by atoms with Crippen LogP contribution in [0.5, 0.6) is 5.75 Å². The topological polar surface area (TPSA) is 69.4 Å². The second-order valence-electron chi connectivity index (χ2n) is 5.29. The third-order valence-electron chi connectivity index (χ3n) is 3.88. The van der Waals surface area contributed by atoms with Crippen LogP contribution in [0.25, 0.3) is 0 Å². The summed E-state index contributed by atoms with van der Waals surface area (Å²) in [5.41, 5.74) is 6.53. The smallest absolute Gasteiger partial charge is 0.156 e. The van der Waals surface area contributed by atoms with Gasteiger partial charge < -0.3 is 10.5 Å². The number of hydrogen-bond acceptors (Lipinski definition) is 4. The summed E-state index contributed by atoms with van der Waals surface area (Å²) in [6.07, 6.45) is 4.83. The molecule has 1 aliphatic rings. The van der Waals surface area contributed by atoms with Crippen LogP contribution in [0, 0.1) is 0 Å². The van der Waals surface area contributed by atoms with Crippen molar-refractivity contribution in [2.45, 2.75) is 43.9 Å².